The van der Waals surface area contributed by atoms with Gasteiger partial charge in [-0.05, 0) is 49.8 Å². The molecule has 3 rings (SSSR count). The third-order valence-electron chi connectivity index (χ3n) is 3.78. The summed E-state index contributed by atoms with van der Waals surface area (Å²) in [7, 11) is 0. The first-order valence-corrected chi connectivity index (χ1v) is 8.01. The van der Waals surface area contributed by atoms with E-state index in [0.717, 1.165) is 35.0 Å². The Bertz CT molecular complexity index is 596. The number of halogens is 1. The Morgan fingerprint density at radius 2 is 2.16 bits per heavy atom. The first-order valence-electron chi connectivity index (χ1n) is 6.82. The topological polar surface area (TPSA) is 29.0 Å². The molecule has 1 saturated heterocycles. The number of hydrogen-bond donors (Lipinski definition) is 0. The van der Waals surface area contributed by atoms with Crippen molar-refractivity contribution in [3.05, 3.63) is 16.2 Å². The molecule has 1 aliphatic rings. The van der Waals surface area contributed by atoms with Gasteiger partial charge in [0, 0.05) is 18.0 Å². The molecule has 0 aliphatic carbocycles. The average Bonchev–Trinajstić information content (AvgIpc) is 2.58. The van der Waals surface area contributed by atoms with Gasteiger partial charge in [-0.25, -0.2) is 4.98 Å². The van der Waals surface area contributed by atoms with Gasteiger partial charge in [0.1, 0.15) is 10.6 Å². The van der Waals surface area contributed by atoms with Gasteiger partial charge in [-0.15, -0.1) is 11.3 Å². The molecule has 1 atom stereocenters. The first kappa shape index (κ1) is 13.1. The molecule has 0 spiro atoms. The van der Waals surface area contributed by atoms with Crippen molar-refractivity contribution in [3.63, 3.8) is 0 Å². The highest BCUT2D eigenvalue weighted by molar-refractivity contribution is 7.18. The van der Waals surface area contributed by atoms with Gasteiger partial charge in [0.15, 0.2) is 0 Å². The van der Waals surface area contributed by atoms with Crippen molar-refractivity contribution >= 4 is 39.0 Å². The maximum atomic E-state index is 6.08. The Balaban J connectivity index is 2.03. The summed E-state index contributed by atoms with van der Waals surface area (Å²) in [6, 6.07) is 2.18. The van der Waals surface area contributed by atoms with Gasteiger partial charge in [0.2, 0.25) is 5.28 Å². The second-order valence-electron chi connectivity index (χ2n) is 5.42. The van der Waals surface area contributed by atoms with Crippen LogP contribution in [0.2, 0.25) is 5.28 Å². The minimum Gasteiger partial charge on any atom is -0.356 e. The average molecular weight is 296 g/mol. The van der Waals surface area contributed by atoms with E-state index in [1.54, 1.807) is 11.3 Å². The van der Waals surface area contributed by atoms with E-state index in [0.29, 0.717) is 5.28 Å². The van der Waals surface area contributed by atoms with E-state index in [-0.39, 0.29) is 0 Å². The van der Waals surface area contributed by atoms with Crippen molar-refractivity contribution in [2.24, 2.45) is 5.92 Å². The summed E-state index contributed by atoms with van der Waals surface area (Å²) in [6.07, 6.45) is 3.76. The molecule has 0 bridgehead atoms. The number of aromatic nitrogens is 2. The lowest BCUT2D eigenvalue weighted by atomic mass is 10.0. The molecule has 1 aliphatic heterocycles. The molecular weight excluding hydrogens is 278 g/mol. The molecule has 2 aromatic heterocycles. The van der Waals surface area contributed by atoms with Crippen LogP contribution in [0, 0.1) is 12.8 Å². The van der Waals surface area contributed by atoms with Gasteiger partial charge in [-0.1, -0.05) is 6.92 Å². The normalized spacial score (nSPS) is 20.8. The minimum atomic E-state index is 0.363. The molecule has 2 aromatic rings. The van der Waals surface area contributed by atoms with E-state index in [1.807, 2.05) is 0 Å². The zero-order valence-electron chi connectivity index (χ0n) is 11.3. The van der Waals surface area contributed by atoms with Gasteiger partial charge in [-0.3, -0.25) is 0 Å². The molecular formula is C14H18ClN3S. The van der Waals surface area contributed by atoms with Crippen LogP contribution in [-0.2, 0) is 0 Å². The van der Waals surface area contributed by atoms with Crippen molar-refractivity contribution in [1.29, 1.82) is 0 Å². The summed E-state index contributed by atoms with van der Waals surface area (Å²) in [5, 5.41) is 1.52. The van der Waals surface area contributed by atoms with E-state index in [4.69, 9.17) is 11.6 Å². The van der Waals surface area contributed by atoms with Crippen LogP contribution in [0.3, 0.4) is 0 Å². The molecule has 0 amide bonds. The van der Waals surface area contributed by atoms with Gasteiger partial charge in [-0.2, -0.15) is 4.98 Å². The van der Waals surface area contributed by atoms with Crippen LogP contribution in [0.1, 0.15) is 31.1 Å². The number of thiophene rings is 1. The van der Waals surface area contributed by atoms with E-state index in [1.165, 1.54) is 24.1 Å². The Hall–Kier alpha value is -0.870. The predicted octanol–water partition coefficient (Wildman–Crippen LogP) is 4.28. The number of fused-ring (bicyclic) bond motifs is 1. The highest BCUT2D eigenvalue weighted by Crippen LogP contribution is 2.33. The zero-order valence-corrected chi connectivity index (χ0v) is 12.9. The molecule has 0 saturated carbocycles. The SMILES string of the molecule is Cc1cc2c(N3CCCC(C)CC3)nc(Cl)nc2s1. The maximum absolute atomic E-state index is 6.08. The molecule has 0 N–H and O–H groups in total. The van der Waals surface area contributed by atoms with E-state index < -0.39 is 0 Å². The fourth-order valence-electron chi connectivity index (χ4n) is 2.72. The second-order valence-corrected chi connectivity index (χ2v) is 6.99. The summed E-state index contributed by atoms with van der Waals surface area (Å²) >= 11 is 7.77. The van der Waals surface area contributed by atoms with Crippen molar-refractivity contribution in [2.75, 3.05) is 18.0 Å². The van der Waals surface area contributed by atoms with Gasteiger partial charge < -0.3 is 4.90 Å². The van der Waals surface area contributed by atoms with Gasteiger partial charge in [0.05, 0.1) is 5.39 Å². The molecule has 3 nitrogen and oxygen atoms in total. The third kappa shape index (κ3) is 2.70. The number of anilines is 1. The zero-order chi connectivity index (χ0) is 13.4. The third-order valence-corrected chi connectivity index (χ3v) is 4.90. The molecule has 5 heteroatoms. The fraction of sp³-hybridized carbons (Fsp3) is 0.571. The van der Waals surface area contributed by atoms with E-state index in [9.17, 15) is 0 Å². The van der Waals surface area contributed by atoms with Crippen molar-refractivity contribution in [3.8, 4) is 0 Å². The molecule has 19 heavy (non-hydrogen) atoms. The standard InChI is InChI=1S/C14H18ClN3S/c1-9-4-3-6-18(7-5-9)12-11-8-10(2)19-13(11)17-14(15)16-12/h8-9H,3-7H2,1-2H3. The molecule has 0 radical (unpaired) electrons. The molecule has 0 aromatic carbocycles. The lowest BCUT2D eigenvalue weighted by Crippen LogP contribution is -2.25. The van der Waals surface area contributed by atoms with Crippen LogP contribution in [0.5, 0.6) is 0 Å². The second kappa shape index (κ2) is 5.25. The van der Waals surface area contributed by atoms with Gasteiger partial charge in [0.25, 0.3) is 0 Å². The van der Waals surface area contributed by atoms with E-state index >= 15 is 0 Å². The number of aryl methyl sites for hydroxylation is 1. The Kier molecular flexibility index (Phi) is 3.63. The lowest BCUT2D eigenvalue weighted by Gasteiger charge is -2.22. The van der Waals surface area contributed by atoms with Crippen LogP contribution >= 0.6 is 22.9 Å². The Labute approximate surface area is 122 Å². The number of hydrogen-bond acceptors (Lipinski definition) is 4. The van der Waals surface area contributed by atoms with Crippen LogP contribution in [0.25, 0.3) is 10.2 Å². The molecule has 102 valence electrons. The number of nitrogens with zero attached hydrogens (tertiary/aromatic N) is 3. The van der Waals surface area contributed by atoms with Crippen LogP contribution < -0.4 is 4.90 Å². The van der Waals surface area contributed by atoms with E-state index in [2.05, 4.69) is 34.8 Å². The molecule has 1 unspecified atom stereocenters. The molecule has 1 fully saturated rings. The van der Waals surface area contributed by atoms with Crippen LogP contribution in [-0.4, -0.2) is 23.1 Å². The first-order chi connectivity index (χ1) is 9.13. The summed E-state index contributed by atoms with van der Waals surface area (Å²) in [5.41, 5.74) is 0. The maximum Gasteiger partial charge on any atom is 0.225 e. The summed E-state index contributed by atoms with van der Waals surface area (Å²) in [4.78, 5) is 13.5. The Morgan fingerprint density at radius 1 is 1.32 bits per heavy atom. The Morgan fingerprint density at radius 3 is 3.00 bits per heavy atom. The summed E-state index contributed by atoms with van der Waals surface area (Å²) < 4.78 is 0. The monoisotopic (exact) mass is 295 g/mol. The number of rotatable bonds is 1. The van der Waals surface area contributed by atoms with Crippen LogP contribution in [0.4, 0.5) is 5.82 Å². The van der Waals surface area contributed by atoms with Crippen LogP contribution in [0.15, 0.2) is 6.07 Å². The largest absolute Gasteiger partial charge is 0.356 e. The van der Waals surface area contributed by atoms with Crippen molar-refractivity contribution < 1.29 is 0 Å². The highest BCUT2D eigenvalue weighted by Gasteiger charge is 2.19. The highest BCUT2D eigenvalue weighted by atomic mass is 35.5. The predicted molar refractivity (Wildman–Crippen MR) is 82.4 cm³/mol. The quantitative estimate of drug-likeness (QED) is 0.735. The van der Waals surface area contributed by atoms with Crippen molar-refractivity contribution in [2.45, 2.75) is 33.1 Å². The summed E-state index contributed by atoms with van der Waals surface area (Å²) in [6.45, 7) is 6.58. The van der Waals surface area contributed by atoms with Crippen molar-refractivity contribution in [1.82, 2.24) is 9.97 Å². The minimum absolute atomic E-state index is 0.363. The smallest absolute Gasteiger partial charge is 0.225 e. The van der Waals surface area contributed by atoms with Gasteiger partial charge >= 0.3 is 0 Å². The molecule has 3 heterocycles. The summed E-state index contributed by atoms with van der Waals surface area (Å²) in [5.74, 6) is 1.83. The lowest BCUT2D eigenvalue weighted by molar-refractivity contribution is 0.521. The fourth-order valence-corrected chi connectivity index (χ4v) is 3.81.